The van der Waals surface area contributed by atoms with Crippen molar-refractivity contribution in [3.8, 4) is 5.75 Å². The topological polar surface area (TPSA) is 64.4 Å². The SMILES string of the molecule is COc1ccccc1CCC(=O)NCc1oc(C)nc1C. The molecule has 0 fully saturated rings. The van der Waals surface area contributed by atoms with E-state index in [1.54, 1.807) is 14.0 Å². The number of ether oxygens (including phenoxy) is 1. The van der Waals surface area contributed by atoms with Crippen molar-refractivity contribution in [1.29, 1.82) is 0 Å². The van der Waals surface area contributed by atoms with Crippen LogP contribution in [0.4, 0.5) is 0 Å². The molecule has 5 heteroatoms. The molecule has 0 atom stereocenters. The largest absolute Gasteiger partial charge is 0.496 e. The van der Waals surface area contributed by atoms with E-state index in [1.807, 2.05) is 31.2 Å². The third kappa shape index (κ3) is 4.08. The molecule has 0 aliphatic carbocycles. The molecule has 0 saturated heterocycles. The molecule has 0 bridgehead atoms. The van der Waals surface area contributed by atoms with Crippen molar-refractivity contribution in [2.45, 2.75) is 33.2 Å². The number of amides is 1. The fourth-order valence-electron chi connectivity index (χ4n) is 2.16. The summed E-state index contributed by atoms with van der Waals surface area (Å²) >= 11 is 0. The minimum Gasteiger partial charge on any atom is -0.496 e. The van der Waals surface area contributed by atoms with Gasteiger partial charge in [-0.1, -0.05) is 18.2 Å². The highest BCUT2D eigenvalue weighted by atomic mass is 16.5. The van der Waals surface area contributed by atoms with Crippen LogP contribution >= 0.6 is 0 Å². The third-order valence-corrected chi connectivity index (χ3v) is 3.26. The minimum atomic E-state index is -0.0191. The van der Waals surface area contributed by atoms with E-state index in [9.17, 15) is 4.79 Å². The van der Waals surface area contributed by atoms with Crippen LogP contribution in [0.2, 0.25) is 0 Å². The van der Waals surface area contributed by atoms with Crippen molar-refractivity contribution in [2.75, 3.05) is 7.11 Å². The van der Waals surface area contributed by atoms with E-state index in [0.29, 0.717) is 31.0 Å². The highest BCUT2D eigenvalue weighted by molar-refractivity contribution is 5.76. The van der Waals surface area contributed by atoms with Crippen molar-refractivity contribution in [2.24, 2.45) is 0 Å². The van der Waals surface area contributed by atoms with E-state index in [0.717, 1.165) is 17.0 Å². The van der Waals surface area contributed by atoms with Crippen molar-refractivity contribution >= 4 is 5.91 Å². The predicted molar refractivity (Wildman–Crippen MR) is 79.1 cm³/mol. The smallest absolute Gasteiger partial charge is 0.220 e. The maximum Gasteiger partial charge on any atom is 0.220 e. The molecule has 0 aliphatic heterocycles. The molecule has 1 aromatic heterocycles. The van der Waals surface area contributed by atoms with Gasteiger partial charge in [0.05, 0.1) is 19.3 Å². The van der Waals surface area contributed by atoms with Gasteiger partial charge in [0.2, 0.25) is 5.91 Å². The molecule has 2 aromatic rings. The second-order valence-electron chi connectivity index (χ2n) is 4.83. The first kappa shape index (κ1) is 15.1. The number of carbonyl (C=O) groups excluding carboxylic acids is 1. The van der Waals surface area contributed by atoms with Gasteiger partial charge in [-0.3, -0.25) is 4.79 Å². The van der Waals surface area contributed by atoms with Crippen molar-refractivity contribution < 1.29 is 13.9 Å². The summed E-state index contributed by atoms with van der Waals surface area (Å²) in [5, 5.41) is 2.85. The molecule has 112 valence electrons. The van der Waals surface area contributed by atoms with Crippen LogP contribution in [0.5, 0.6) is 5.75 Å². The number of nitrogens with zero attached hydrogens (tertiary/aromatic N) is 1. The van der Waals surface area contributed by atoms with E-state index in [4.69, 9.17) is 9.15 Å². The van der Waals surface area contributed by atoms with Gasteiger partial charge in [0, 0.05) is 13.3 Å². The Bertz CT molecular complexity index is 620. The lowest BCUT2D eigenvalue weighted by molar-refractivity contribution is -0.121. The zero-order valence-electron chi connectivity index (χ0n) is 12.6. The quantitative estimate of drug-likeness (QED) is 0.887. The van der Waals surface area contributed by atoms with Gasteiger partial charge >= 0.3 is 0 Å². The number of hydrogen-bond donors (Lipinski definition) is 1. The second kappa shape index (κ2) is 6.92. The van der Waals surface area contributed by atoms with Crippen LogP contribution in [0, 0.1) is 13.8 Å². The molecule has 1 amide bonds. The molecule has 5 nitrogen and oxygen atoms in total. The van der Waals surface area contributed by atoms with Crippen molar-refractivity contribution in [1.82, 2.24) is 10.3 Å². The van der Waals surface area contributed by atoms with Gasteiger partial charge in [-0.25, -0.2) is 4.98 Å². The van der Waals surface area contributed by atoms with Crippen LogP contribution < -0.4 is 10.1 Å². The third-order valence-electron chi connectivity index (χ3n) is 3.26. The molecule has 0 aliphatic rings. The monoisotopic (exact) mass is 288 g/mol. The van der Waals surface area contributed by atoms with Crippen LogP contribution in [0.3, 0.4) is 0 Å². The Morgan fingerprint density at radius 1 is 1.33 bits per heavy atom. The van der Waals surface area contributed by atoms with Gasteiger partial charge in [-0.2, -0.15) is 0 Å². The van der Waals surface area contributed by atoms with Crippen molar-refractivity contribution in [3.05, 3.63) is 47.2 Å². The molecule has 2 rings (SSSR count). The molecule has 21 heavy (non-hydrogen) atoms. The summed E-state index contributed by atoms with van der Waals surface area (Å²) in [4.78, 5) is 16.1. The summed E-state index contributed by atoms with van der Waals surface area (Å²) in [5.41, 5.74) is 1.85. The van der Waals surface area contributed by atoms with Crippen LogP contribution in [0.15, 0.2) is 28.7 Å². The fraction of sp³-hybridized carbons (Fsp3) is 0.375. The van der Waals surface area contributed by atoms with Gasteiger partial charge in [0.15, 0.2) is 5.89 Å². The number of aromatic nitrogens is 1. The molecule has 0 spiro atoms. The standard InChI is InChI=1S/C16H20N2O3/c1-11-15(21-12(2)18-11)10-17-16(19)9-8-13-6-4-5-7-14(13)20-3/h4-7H,8-10H2,1-3H3,(H,17,19). The van der Waals surface area contributed by atoms with E-state index >= 15 is 0 Å². The summed E-state index contributed by atoms with van der Waals surface area (Å²) in [6.45, 7) is 4.03. The molecular weight excluding hydrogens is 268 g/mol. The first-order chi connectivity index (χ1) is 10.1. The number of aryl methyl sites for hydroxylation is 3. The van der Waals surface area contributed by atoms with E-state index < -0.39 is 0 Å². The van der Waals surface area contributed by atoms with Gasteiger partial charge in [0.25, 0.3) is 0 Å². The summed E-state index contributed by atoms with van der Waals surface area (Å²) in [6.07, 6.45) is 1.05. The summed E-state index contributed by atoms with van der Waals surface area (Å²) in [5.74, 6) is 2.12. The fourth-order valence-corrected chi connectivity index (χ4v) is 2.16. The maximum absolute atomic E-state index is 11.9. The van der Waals surface area contributed by atoms with Crippen LogP contribution in [-0.4, -0.2) is 18.0 Å². The van der Waals surface area contributed by atoms with Gasteiger partial charge in [-0.15, -0.1) is 0 Å². The van der Waals surface area contributed by atoms with E-state index in [-0.39, 0.29) is 5.91 Å². The predicted octanol–water partition coefficient (Wildman–Crippen LogP) is 2.55. The molecule has 0 radical (unpaired) electrons. The Hall–Kier alpha value is -2.30. The zero-order chi connectivity index (χ0) is 15.2. The first-order valence-corrected chi connectivity index (χ1v) is 6.91. The first-order valence-electron chi connectivity index (χ1n) is 6.91. The van der Waals surface area contributed by atoms with Crippen molar-refractivity contribution in [3.63, 3.8) is 0 Å². The lowest BCUT2D eigenvalue weighted by Crippen LogP contribution is -2.23. The molecular formula is C16H20N2O3. The highest BCUT2D eigenvalue weighted by Crippen LogP contribution is 2.18. The Morgan fingerprint density at radius 2 is 2.10 bits per heavy atom. The zero-order valence-corrected chi connectivity index (χ0v) is 12.6. The van der Waals surface area contributed by atoms with Gasteiger partial charge in [0.1, 0.15) is 11.5 Å². The minimum absolute atomic E-state index is 0.0191. The molecule has 0 saturated carbocycles. The summed E-state index contributed by atoms with van der Waals surface area (Å²) in [7, 11) is 1.63. The molecule has 1 N–H and O–H groups in total. The Balaban J connectivity index is 1.84. The number of hydrogen-bond acceptors (Lipinski definition) is 4. The number of nitrogens with one attached hydrogen (secondary N) is 1. The lowest BCUT2D eigenvalue weighted by Gasteiger charge is -2.08. The van der Waals surface area contributed by atoms with E-state index in [1.165, 1.54) is 0 Å². The Labute approximate surface area is 124 Å². The van der Waals surface area contributed by atoms with Gasteiger partial charge in [-0.05, 0) is 25.0 Å². The van der Waals surface area contributed by atoms with Gasteiger partial charge < -0.3 is 14.5 Å². The number of methoxy groups -OCH3 is 1. The molecule has 1 aromatic carbocycles. The average Bonchev–Trinajstić information content (AvgIpc) is 2.81. The molecule has 0 unspecified atom stereocenters. The van der Waals surface area contributed by atoms with E-state index in [2.05, 4.69) is 10.3 Å². The van der Waals surface area contributed by atoms with Crippen LogP contribution in [0.1, 0.15) is 29.3 Å². The molecule has 1 heterocycles. The number of oxazole rings is 1. The maximum atomic E-state index is 11.9. The summed E-state index contributed by atoms with van der Waals surface area (Å²) < 4.78 is 10.7. The number of carbonyl (C=O) groups is 1. The number of benzene rings is 1. The number of rotatable bonds is 6. The lowest BCUT2D eigenvalue weighted by atomic mass is 10.1. The average molecular weight is 288 g/mol. The Morgan fingerprint density at radius 3 is 2.76 bits per heavy atom. The number of para-hydroxylation sites is 1. The summed E-state index contributed by atoms with van der Waals surface area (Å²) in [6, 6.07) is 7.72. The van der Waals surface area contributed by atoms with Crippen LogP contribution in [-0.2, 0) is 17.8 Å². The second-order valence-corrected chi connectivity index (χ2v) is 4.83. The normalized spacial score (nSPS) is 10.4. The Kier molecular flexibility index (Phi) is 4.98. The highest BCUT2D eigenvalue weighted by Gasteiger charge is 2.09. The van der Waals surface area contributed by atoms with Crippen LogP contribution in [0.25, 0.3) is 0 Å².